The van der Waals surface area contributed by atoms with E-state index in [1.807, 2.05) is 43.3 Å². The normalized spacial score (nSPS) is 16.0. The summed E-state index contributed by atoms with van der Waals surface area (Å²) in [6, 6.07) is 21.1. The molecule has 1 unspecified atom stereocenters. The van der Waals surface area contributed by atoms with Crippen LogP contribution in [0.1, 0.15) is 18.1 Å². The summed E-state index contributed by atoms with van der Waals surface area (Å²) < 4.78 is 29.3. The Kier molecular flexibility index (Phi) is 8.16. The van der Waals surface area contributed by atoms with Crippen molar-refractivity contribution < 1.29 is 22.9 Å². The first-order valence-corrected chi connectivity index (χ1v) is 15.1. The summed E-state index contributed by atoms with van der Waals surface area (Å²) in [5, 5.41) is 18.7. The second-order valence-corrected chi connectivity index (χ2v) is 12.2. The van der Waals surface area contributed by atoms with Crippen molar-refractivity contribution >= 4 is 49.7 Å². The number of amides is 2. The third kappa shape index (κ3) is 5.66. The Balaban J connectivity index is 1.66. The van der Waals surface area contributed by atoms with E-state index in [9.17, 15) is 28.1 Å². The molecule has 4 aromatic carbocycles. The lowest BCUT2D eigenvalue weighted by Gasteiger charge is -2.27. The van der Waals surface area contributed by atoms with E-state index < -0.39 is 38.8 Å². The maximum Gasteiger partial charge on any atom is 0.269 e. The lowest BCUT2D eigenvalue weighted by atomic mass is 9.99. The minimum atomic E-state index is -4.33. The molecule has 0 saturated carbocycles. The Labute approximate surface area is 249 Å². The van der Waals surface area contributed by atoms with Crippen LogP contribution in [0, 0.1) is 17.0 Å². The zero-order chi connectivity index (χ0) is 30.9. The Morgan fingerprint density at radius 2 is 1.65 bits per heavy atom. The number of carbonyl (C=O) groups is 2. The summed E-state index contributed by atoms with van der Waals surface area (Å²) in [5.74, 6) is -0.946. The predicted molar refractivity (Wildman–Crippen MR) is 164 cm³/mol. The zero-order valence-electron chi connectivity index (χ0n) is 23.9. The predicted octanol–water partition coefficient (Wildman–Crippen LogP) is 3.89. The van der Waals surface area contributed by atoms with E-state index in [0.29, 0.717) is 5.69 Å². The van der Waals surface area contributed by atoms with Gasteiger partial charge in [0.15, 0.2) is 0 Å². The minimum absolute atomic E-state index is 0.127. The number of nitro benzene ring substituents is 1. The molecule has 0 aromatic heterocycles. The number of nitrogens with zero attached hydrogens (tertiary/aromatic N) is 3. The van der Waals surface area contributed by atoms with E-state index in [0.717, 1.165) is 50.5 Å². The van der Waals surface area contributed by atoms with E-state index in [1.165, 1.54) is 4.90 Å². The summed E-state index contributed by atoms with van der Waals surface area (Å²) in [6.45, 7) is 3.33. The fourth-order valence-corrected chi connectivity index (χ4v) is 6.65. The maximum atomic E-state index is 14.3. The number of aryl methyl sites for hydroxylation is 1. The van der Waals surface area contributed by atoms with Gasteiger partial charge in [-0.3, -0.25) is 24.0 Å². The first kappa shape index (κ1) is 29.7. The fraction of sp³-hybridized carbons (Fsp3) is 0.226. The number of likely N-dealkylation sites (N-methyl/N-ethyl adjacent to an activating group) is 1. The number of nitro groups is 1. The highest BCUT2D eigenvalue weighted by Gasteiger charge is 2.40. The molecule has 0 spiro atoms. The number of hydrogen-bond acceptors (Lipinski definition) is 7. The first-order valence-electron chi connectivity index (χ1n) is 13.7. The summed E-state index contributed by atoms with van der Waals surface area (Å²) in [5.41, 5.74) is 2.18. The van der Waals surface area contributed by atoms with Crippen LogP contribution in [0.3, 0.4) is 0 Å². The van der Waals surface area contributed by atoms with Crippen LogP contribution in [-0.2, 0) is 26.2 Å². The average molecular weight is 602 g/mol. The molecule has 11 nitrogen and oxygen atoms in total. The highest BCUT2D eigenvalue weighted by Crippen LogP contribution is 2.38. The smallest absolute Gasteiger partial charge is 0.269 e. The van der Waals surface area contributed by atoms with Crippen molar-refractivity contribution in [2.75, 3.05) is 22.8 Å². The number of sulfonamides is 1. The molecule has 1 aliphatic rings. The largest absolute Gasteiger partial charge is 0.341 e. The Bertz CT molecular complexity index is 1830. The number of non-ortho nitro benzene ring substituents is 1. The van der Waals surface area contributed by atoms with Gasteiger partial charge in [-0.15, -0.1) is 0 Å². The first-order chi connectivity index (χ1) is 20.5. The maximum absolute atomic E-state index is 14.3. The molecule has 4 aromatic rings. The van der Waals surface area contributed by atoms with Crippen molar-refractivity contribution in [2.45, 2.75) is 37.4 Å². The molecule has 0 radical (unpaired) electrons. The van der Waals surface area contributed by atoms with Crippen LogP contribution in [0.2, 0.25) is 0 Å². The number of nitrogens with one attached hydrogen (secondary N) is 2. The number of benzene rings is 4. The molecule has 1 aliphatic heterocycles. The quantitative estimate of drug-likeness (QED) is 0.231. The van der Waals surface area contributed by atoms with Crippen molar-refractivity contribution in [1.29, 1.82) is 0 Å². The van der Waals surface area contributed by atoms with Crippen LogP contribution in [0.5, 0.6) is 0 Å². The van der Waals surface area contributed by atoms with Crippen molar-refractivity contribution in [3.05, 3.63) is 106 Å². The molecule has 222 valence electrons. The van der Waals surface area contributed by atoms with Crippen LogP contribution in [0.4, 0.5) is 17.1 Å². The molecule has 2 N–H and O–H groups in total. The van der Waals surface area contributed by atoms with Gasteiger partial charge in [0.1, 0.15) is 6.04 Å². The topological polar surface area (TPSA) is 142 Å². The third-order valence-corrected chi connectivity index (χ3v) is 9.52. The molecule has 12 heteroatoms. The van der Waals surface area contributed by atoms with E-state index in [-0.39, 0.29) is 29.4 Å². The molecular weight excluding hydrogens is 570 g/mol. The van der Waals surface area contributed by atoms with E-state index in [4.69, 9.17) is 0 Å². The number of anilines is 2. The average Bonchev–Trinajstić information content (AvgIpc) is 3.12. The van der Waals surface area contributed by atoms with Gasteiger partial charge in [0.25, 0.3) is 21.6 Å². The van der Waals surface area contributed by atoms with Gasteiger partial charge in [-0.1, -0.05) is 48.5 Å². The number of hydrogen-bond donors (Lipinski definition) is 2. The highest BCUT2D eigenvalue weighted by atomic mass is 32.2. The number of fused-ring (bicyclic) bond motifs is 2. The van der Waals surface area contributed by atoms with Gasteiger partial charge < -0.3 is 15.5 Å². The molecule has 5 rings (SSSR count). The molecule has 2 amide bonds. The molecule has 2 atom stereocenters. The summed E-state index contributed by atoms with van der Waals surface area (Å²) in [4.78, 5) is 39.2. The van der Waals surface area contributed by atoms with Crippen molar-refractivity contribution in [3.8, 4) is 0 Å². The van der Waals surface area contributed by atoms with Crippen molar-refractivity contribution in [3.63, 3.8) is 0 Å². The Hall–Kier alpha value is -4.81. The van der Waals surface area contributed by atoms with Crippen molar-refractivity contribution in [1.82, 2.24) is 10.6 Å². The van der Waals surface area contributed by atoms with E-state index in [1.54, 1.807) is 38.2 Å². The highest BCUT2D eigenvalue weighted by molar-refractivity contribution is 7.92. The van der Waals surface area contributed by atoms with Gasteiger partial charge in [-0.05, 0) is 67.1 Å². The van der Waals surface area contributed by atoms with Gasteiger partial charge in [0.05, 0.1) is 40.3 Å². The SMILES string of the molecule is CNC(C)C(=O)N[C@H]1CN(S(=O)(=O)c2ccc([N+](=O)[O-])cc2)c2ccccc2N(Cc2c(C)ccc3ccccc23)C1=O. The molecule has 0 aliphatic carbocycles. The lowest BCUT2D eigenvalue weighted by Crippen LogP contribution is -2.55. The van der Waals surface area contributed by atoms with E-state index in [2.05, 4.69) is 10.6 Å². The Morgan fingerprint density at radius 3 is 2.33 bits per heavy atom. The van der Waals surface area contributed by atoms with Crippen LogP contribution in [0.25, 0.3) is 10.8 Å². The molecule has 1 heterocycles. The summed E-state index contributed by atoms with van der Waals surface area (Å²) in [7, 11) is -2.73. The van der Waals surface area contributed by atoms with Crippen LogP contribution >= 0.6 is 0 Å². The van der Waals surface area contributed by atoms with Crippen LogP contribution in [-0.4, -0.2) is 50.8 Å². The standard InChI is InChI=1S/C31H31N5O6S/c1-20-12-13-22-8-4-5-9-25(22)26(20)18-34-28-10-6-7-11-29(28)35(19-27(31(34)38)33-30(37)21(2)32-3)43(41,42)24-16-14-23(15-17-24)36(39)40/h4-17,21,27,32H,18-19H2,1-3H3,(H,33,37)/t21?,27-/m0/s1. The van der Waals surface area contributed by atoms with Gasteiger partial charge >= 0.3 is 0 Å². The molecule has 0 saturated heterocycles. The molecular formula is C31H31N5O6S. The van der Waals surface area contributed by atoms with Crippen LogP contribution in [0.15, 0.2) is 89.8 Å². The monoisotopic (exact) mass is 601 g/mol. The fourth-order valence-electron chi connectivity index (χ4n) is 5.16. The third-order valence-electron chi connectivity index (χ3n) is 7.72. The second-order valence-electron chi connectivity index (χ2n) is 10.4. The zero-order valence-corrected chi connectivity index (χ0v) is 24.7. The van der Waals surface area contributed by atoms with Crippen LogP contribution < -0.4 is 19.8 Å². The molecule has 43 heavy (non-hydrogen) atoms. The van der Waals surface area contributed by atoms with Crippen molar-refractivity contribution in [2.24, 2.45) is 0 Å². The van der Waals surface area contributed by atoms with Gasteiger partial charge in [-0.25, -0.2) is 8.42 Å². The number of carbonyl (C=O) groups excluding carboxylic acids is 2. The summed E-state index contributed by atoms with van der Waals surface area (Å²) >= 11 is 0. The summed E-state index contributed by atoms with van der Waals surface area (Å²) in [6.07, 6.45) is 0. The van der Waals surface area contributed by atoms with Gasteiger partial charge in [-0.2, -0.15) is 0 Å². The van der Waals surface area contributed by atoms with Gasteiger partial charge in [0.2, 0.25) is 5.91 Å². The van der Waals surface area contributed by atoms with Gasteiger partial charge in [0, 0.05) is 12.1 Å². The van der Waals surface area contributed by atoms with E-state index >= 15 is 0 Å². The lowest BCUT2D eigenvalue weighted by molar-refractivity contribution is -0.384. The molecule has 0 bridgehead atoms. The number of rotatable bonds is 8. The number of para-hydroxylation sites is 2. The minimum Gasteiger partial charge on any atom is -0.341 e. The second kappa shape index (κ2) is 11.8. The molecule has 0 fully saturated rings. The Morgan fingerprint density at radius 1 is 1.00 bits per heavy atom.